The number of benzene rings is 2. The summed E-state index contributed by atoms with van der Waals surface area (Å²) in [5.41, 5.74) is 7.13. The van der Waals surface area contributed by atoms with Gasteiger partial charge in [0.25, 0.3) is 5.91 Å². The van der Waals surface area contributed by atoms with Gasteiger partial charge in [-0.1, -0.05) is 24.8 Å². The number of ether oxygens (including phenoxy) is 1. The van der Waals surface area contributed by atoms with E-state index < -0.39 is 5.91 Å². The smallest absolute Gasteiger partial charge is 0.254 e. The third-order valence-electron chi connectivity index (χ3n) is 4.74. The molecule has 2 aromatic carbocycles. The fourth-order valence-electron chi connectivity index (χ4n) is 3.13. The van der Waals surface area contributed by atoms with Crippen molar-refractivity contribution in [3.63, 3.8) is 0 Å². The van der Waals surface area contributed by atoms with Crippen LogP contribution in [0.25, 0.3) is 11.3 Å². The molecule has 8 heteroatoms. The van der Waals surface area contributed by atoms with E-state index >= 15 is 0 Å². The molecule has 0 aliphatic rings. The predicted molar refractivity (Wildman–Crippen MR) is 120 cm³/mol. The maximum Gasteiger partial charge on any atom is 0.254 e. The summed E-state index contributed by atoms with van der Waals surface area (Å²) in [5.74, 6) is 1.10. The number of nitrogens with one attached hydrogen (secondary N) is 1. The molecular weight excluding hydrogens is 394 g/mol. The van der Waals surface area contributed by atoms with E-state index in [-0.39, 0.29) is 11.5 Å². The number of nitrogens with zero attached hydrogens (tertiary/aromatic N) is 3. The van der Waals surface area contributed by atoms with Gasteiger partial charge in [-0.05, 0) is 42.5 Å². The fraction of sp³-hybridized carbons (Fsp3) is 0.174. The number of amides is 2. The number of carbonyl (C=O) groups excluding carboxylic acids is 2. The van der Waals surface area contributed by atoms with Gasteiger partial charge in [0.05, 0.1) is 6.54 Å². The number of likely N-dealkylation sites (N-methyl/N-ethyl adjacent to an activating group) is 1. The molecule has 2 amide bonds. The highest BCUT2D eigenvalue weighted by Crippen LogP contribution is 2.31. The molecule has 31 heavy (non-hydrogen) atoms. The quantitative estimate of drug-likeness (QED) is 0.519. The zero-order valence-corrected chi connectivity index (χ0v) is 17.5. The number of rotatable bonds is 9. The number of primary amides is 1. The lowest BCUT2D eigenvalue weighted by molar-refractivity contribution is -0.124. The Balaban J connectivity index is 1.89. The first-order valence-electron chi connectivity index (χ1n) is 9.73. The molecule has 0 aliphatic carbocycles. The van der Waals surface area contributed by atoms with Crippen LogP contribution in [0.4, 0.5) is 5.82 Å². The van der Waals surface area contributed by atoms with Crippen LogP contribution in [0.2, 0.25) is 0 Å². The third-order valence-corrected chi connectivity index (χ3v) is 4.74. The first kappa shape index (κ1) is 21.6. The third kappa shape index (κ3) is 4.92. The van der Waals surface area contributed by atoms with Gasteiger partial charge in [-0.25, -0.2) is 4.68 Å². The SMILES string of the molecule is C=CC(=O)N(C)CCn1nc(-c2ccc(Oc3ccccc3)cc2)c(C(N)=O)c1NC. The van der Waals surface area contributed by atoms with Crippen molar-refractivity contribution in [3.8, 4) is 22.8 Å². The molecule has 0 spiro atoms. The van der Waals surface area contributed by atoms with Crippen molar-refractivity contribution in [1.82, 2.24) is 14.7 Å². The average molecular weight is 419 g/mol. The second kappa shape index (κ2) is 9.62. The van der Waals surface area contributed by atoms with Crippen molar-refractivity contribution in [3.05, 3.63) is 72.8 Å². The van der Waals surface area contributed by atoms with E-state index in [9.17, 15) is 9.59 Å². The van der Waals surface area contributed by atoms with E-state index in [4.69, 9.17) is 10.5 Å². The minimum atomic E-state index is -0.592. The molecule has 0 atom stereocenters. The normalized spacial score (nSPS) is 10.4. The predicted octanol–water partition coefficient (Wildman–Crippen LogP) is 3.13. The van der Waals surface area contributed by atoms with Crippen LogP contribution in [0.1, 0.15) is 10.4 Å². The zero-order chi connectivity index (χ0) is 22.4. The molecule has 0 aliphatic heterocycles. The molecule has 0 saturated carbocycles. The van der Waals surface area contributed by atoms with Crippen molar-refractivity contribution >= 4 is 17.6 Å². The van der Waals surface area contributed by atoms with E-state index in [1.54, 1.807) is 18.8 Å². The summed E-state index contributed by atoms with van der Waals surface area (Å²) in [4.78, 5) is 25.5. The van der Waals surface area contributed by atoms with Crippen molar-refractivity contribution in [2.75, 3.05) is 26.0 Å². The lowest BCUT2D eigenvalue weighted by atomic mass is 10.1. The summed E-state index contributed by atoms with van der Waals surface area (Å²) >= 11 is 0. The molecular formula is C23H25N5O3. The molecule has 160 valence electrons. The van der Waals surface area contributed by atoms with Crippen LogP contribution < -0.4 is 15.8 Å². The molecule has 3 N–H and O–H groups in total. The summed E-state index contributed by atoms with van der Waals surface area (Å²) in [6, 6.07) is 16.7. The highest BCUT2D eigenvalue weighted by Gasteiger charge is 2.23. The molecule has 3 aromatic rings. The van der Waals surface area contributed by atoms with Crippen LogP contribution in [-0.4, -0.2) is 47.1 Å². The number of hydrogen-bond donors (Lipinski definition) is 2. The van der Waals surface area contributed by atoms with Gasteiger partial charge in [0.2, 0.25) is 5.91 Å². The topological polar surface area (TPSA) is 102 Å². The summed E-state index contributed by atoms with van der Waals surface area (Å²) in [6.45, 7) is 4.26. The van der Waals surface area contributed by atoms with Crippen LogP contribution in [0.5, 0.6) is 11.5 Å². The van der Waals surface area contributed by atoms with Gasteiger partial charge in [-0.3, -0.25) is 9.59 Å². The fourth-order valence-corrected chi connectivity index (χ4v) is 3.13. The highest BCUT2D eigenvalue weighted by molar-refractivity contribution is 6.03. The Morgan fingerprint density at radius 3 is 2.39 bits per heavy atom. The van der Waals surface area contributed by atoms with E-state index in [0.717, 1.165) is 11.3 Å². The highest BCUT2D eigenvalue weighted by atomic mass is 16.5. The van der Waals surface area contributed by atoms with Gasteiger partial charge >= 0.3 is 0 Å². The van der Waals surface area contributed by atoms with Crippen LogP contribution in [0.3, 0.4) is 0 Å². The van der Waals surface area contributed by atoms with Gasteiger partial charge in [-0.15, -0.1) is 0 Å². The minimum Gasteiger partial charge on any atom is -0.457 e. The summed E-state index contributed by atoms with van der Waals surface area (Å²) in [5, 5.41) is 7.59. The number of nitrogens with two attached hydrogens (primary N) is 1. The average Bonchev–Trinajstić information content (AvgIpc) is 3.17. The molecule has 3 rings (SSSR count). The standard InChI is InChI=1S/C23H25N5O3/c1-4-19(29)27(3)14-15-28-23(25-2)20(22(24)30)21(26-28)16-10-12-18(13-11-16)31-17-8-6-5-7-9-17/h4-13,25H,1,14-15H2,2-3H3,(H2,24,30). The van der Waals surface area contributed by atoms with Crippen molar-refractivity contribution < 1.29 is 14.3 Å². The Morgan fingerprint density at radius 1 is 1.16 bits per heavy atom. The van der Waals surface area contributed by atoms with E-state index in [1.165, 1.54) is 11.0 Å². The van der Waals surface area contributed by atoms with Gasteiger partial charge < -0.3 is 20.7 Å². The van der Waals surface area contributed by atoms with Crippen molar-refractivity contribution in [1.29, 1.82) is 0 Å². The van der Waals surface area contributed by atoms with Gasteiger partial charge in [0.1, 0.15) is 28.6 Å². The van der Waals surface area contributed by atoms with Crippen LogP contribution in [0, 0.1) is 0 Å². The van der Waals surface area contributed by atoms with Crippen LogP contribution >= 0.6 is 0 Å². The van der Waals surface area contributed by atoms with Crippen molar-refractivity contribution in [2.45, 2.75) is 6.54 Å². The van der Waals surface area contributed by atoms with E-state index in [0.29, 0.717) is 30.4 Å². The Morgan fingerprint density at radius 2 is 1.81 bits per heavy atom. The molecule has 0 saturated heterocycles. The molecule has 1 aromatic heterocycles. The maximum atomic E-state index is 12.2. The van der Waals surface area contributed by atoms with Crippen LogP contribution in [0.15, 0.2) is 67.3 Å². The monoisotopic (exact) mass is 419 g/mol. The second-order valence-electron chi connectivity index (χ2n) is 6.81. The molecule has 0 bridgehead atoms. The number of hydrogen-bond acceptors (Lipinski definition) is 5. The lowest BCUT2D eigenvalue weighted by Gasteiger charge is -2.16. The zero-order valence-electron chi connectivity index (χ0n) is 17.5. The molecule has 0 radical (unpaired) electrons. The van der Waals surface area contributed by atoms with Gasteiger partial charge in [0.15, 0.2) is 0 Å². The maximum absolute atomic E-state index is 12.2. The molecule has 1 heterocycles. The molecule has 0 unspecified atom stereocenters. The van der Waals surface area contributed by atoms with Crippen LogP contribution in [-0.2, 0) is 11.3 Å². The van der Waals surface area contributed by atoms with E-state index in [1.807, 2.05) is 54.6 Å². The number of carbonyl (C=O) groups is 2. The lowest BCUT2D eigenvalue weighted by Crippen LogP contribution is -2.29. The Labute approximate surface area is 180 Å². The second-order valence-corrected chi connectivity index (χ2v) is 6.81. The number of anilines is 1. The van der Waals surface area contributed by atoms with Gasteiger partial charge in [0, 0.05) is 26.2 Å². The summed E-state index contributed by atoms with van der Waals surface area (Å²) in [7, 11) is 3.37. The molecule has 0 fully saturated rings. The minimum absolute atomic E-state index is 0.192. The van der Waals surface area contributed by atoms with Gasteiger partial charge in [-0.2, -0.15) is 5.10 Å². The Bertz CT molecular complexity index is 1070. The summed E-state index contributed by atoms with van der Waals surface area (Å²) < 4.78 is 7.46. The first-order valence-corrected chi connectivity index (χ1v) is 9.73. The van der Waals surface area contributed by atoms with Crippen molar-refractivity contribution in [2.24, 2.45) is 5.73 Å². The Hall–Kier alpha value is -4.07. The van der Waals surface area contributed by atoms with E-state index in [2.05, 4.69) is 17.0 Å². The first-order chi connectivity index (χ1) is 14.9. The Kier molecular flexibility index (Phi) is 6.71. The largest absolute Gasteiger partial charge is 0.457 e. The summed E-state index contributed by atoms with van der Waals surface area (Å²) in [6.07, 6.45) is 1.25. The molecule has 8 nitrogen and oxygen atoms in total. The number of aromatic nitrogens is 2. The number of para-hydroxylation sites is 1.